The summed E-state index contributed by atoms with van der Waals surface area (Å²) < 4.78 is 12.5. The van der Waals surface area contributed by atoms with E-state index in [9.17, 15) is 4.79 Å². The first-order valence-electron chi connectivity index (χ1n) is 7.06. The van der Waals surface area contributed by atoms with E-state index in [0.717, 1.165) is 19.6 Å². The Kier molecular flexibility index (Phi) is 5.08. The first-order valence-corrected chi connectivity index (χ1v) is 7.06. The topological polar surface area (TPSA) is 69.5 Å². The third-order valence-electron chi connectivity index (χ3n) is 3.45. The van der Waals surface area contributed by atoms with Crippen molar-refractivity contribution >= 4 is 5.97 Å². The van der Waals surface area contributed by atoms with Crippen LogP contribution in [0.3, 0.4) is 0 Å². The molecule has 0 bridgehead atoms. The molecule has 1 unspecified atom stereocenters. The SMILES string of the molecule is CCOC(=O)c1nnc(C)n1CC1CN(CC)CCO1. The number of rotatable bonds is 5. The molecule has 7 heteroatoms. The lowest BCUT2D eigenvalue weighted by Crippen LogP contribution is -2.44. The summed E-state index contributed by atoms with van der Waals surface area (Å²) in [5.41, 5.74) is 0. The Labute approximate surface area is 118 Å². The molecule has 0 aromatic carbocycles. The monoisotopic (exact) mass is 282 g/mol. The van der Waals surface area contributed by atoms with Crippen molar-refractivity contribution < 1.29 is 14.3 Å². The summed E-state index contributed by atoms with van der Waals surface area (Å²) in [6.45, 7) is 10.2. The molecule has 0 amide bonds. The lowest BCUT2D eigenvalue weighted by atomic mass is 10.2. The average Bonchev–Trinajstić information content (AvgIpc) is 2.81. The number of aromatic nitrogens is 3. The Morgan fingerprint density at radius 3 is 2.95 bits per heavy atom. The van der Waals surface area contributed by atoms with Crippen LogP contribution in [0.1, 0.15) is 30.3 Å². The summed E-state index contributed by atoms with van der Waals surface area (Å²) >= 11 is 0. The summed E-state index contributed by atoms with van der Waals surface area (Å²) in [5.74, 6) is 0.517. The Morgan fingerprint density at radius 2 is 2.25 bits per heavy atom. The van der Waals surface area contributed by atoms with Gasteiger partial charge in [0, 0.05) is 13.1 Å². The summed E-state index contributed by atoms with van der Waals surface area (Å²) in [5, 5.41) is 7.88. The molecule has 0 spiro atoms. The van der Waals surface area contributed by atoms with Crippen molar-refractivity contribution in [2.24, 2.45) is 0 Å². The van der Waals surface area contributed by atoms with Crippen molar-refractivity contribution in [3.05, 3.63) is 11.6 Å². The minimum Gasteiger partial charge on any atom is -0.460 e. The number of morpholine rings is 1. The lowest BCUT2D eigenvalue weighted by molar-refractivity contribution is -0.0349. The van der Waals surface area contributed by atoms with E-state index in [4.69, 9.17) is 9.47 Å². The number of likely N-dealkylation sites (N-methyl/N-ethyl adjacent to an activating group) is 1. The van der Waals surface area contributed by atoms with Crippen LogP contribution >= 0.6 is 0 Å². The van der Waals surface area contributed by atoms with Gasteiger partial charge in [-0.1, -0.05) is 6.92 Å². The Morgan fingerprint density at radius 1 is 1.45 bits per heavy atom. The van der Waals surface area contributed by atoms with Crippen LogP contribution in [0.25, 0.3) is 0 Å². The van der Waals surface area contributed by atoms with E-state index in [1.54, 1.807) is 11.5 Å². The van der Waals surface area contributed by atoms with E-state index < -0.39 is 5.97 Å². The van der Waals surface area contributed by atoms with Crippen molar-refractivity contribution in [1.82, 2.24) is 19.7 Å². The van der Waals surface area contributed by atoms with E-state index >= 15 is 0 Å². The van der Waals surface area contributed by atoms with Gasteiger partial charge in [-0.05, 0) is 20.4 Å². The molecule has 0 aliphatic carbocycles. The van der Waals surface area contributed by atoms with Crippen LogP contribution in [0.5, 0.6) is 0 Å². The summed E-state index contributed by atoms with van der Waals surface area (Å²) in [7, 11) is 0. The maximum Gasteiger partial charge on any atom is 0.376 e. The molecule has 1 aromatic heterocycles. The molecule has 2 heterocycles. The predicted molar refractivity (Wildman–Crippen MR) is 72.6 cm³/mol. The summed E-state index contributed by atoms with van der Waals surface area (Å²) in [6.07, 6.45) is 0.0478. The second kappa shape index (κ2) is 6.81. The van der Waals surface area contributed by atoms with Crippen LogP contribution < -0.4 is 0 Å². The maximum absolute atomic E-state index is 11.8. The molecule has 2 rings (SSSR count). The standard InChI is InChI=1S/C13H22N4O3/c1-4-16-6-7-20-11(8-16)9-17-10(3)14-15-12(17)13(18)19-5-2/h11H,4-9H2,1-3H3. The molecule has 0 saturated carbocycles. The molecule has 1 aromatic rings. The summed E-state index contributed by atoms with van der Waals surface area (Å²) in [4.78, 5) is 14.2. The lowest BCUT2D eigenvalue weighted by Gasteiger charge is -2.32. The zero-order valence-electron chi connectivity index (χ0n) is 12.3. The average molecular weight is 282 g/mol. The maximum atomic E-state index is 11.8. The number of nitrogens with zero attached hydrogens (tertiary/aromatic N) is 4. The third kappa shape index (κ3) is 3.34. The van der Waals surface area contributed by atoms with Gasteiger partial charge in [0.1, 0.15) is 5.82 Å². The molecule has 1 saturated heterocycles. The second-order valence-corrected chi connectivity index (χ2v) is 4.79. The summed E-state index contributed by atoms with van der Waals surface area (Å²) in [6, 6.07) is 0. The fraction of sp³-hybridized carbons (Fsp3) is 0.769. The highest BCUT2D eigenvalue weighted by Gasteiger charge is 2.24. The smallest absolute Gasteiger partial charge is 0.376 e. The van der Waals surface area contributed by atoms with Gasteiger partial charge in [-0.15, -0.1) is 10.2 Å². The van der Waals surface area contributed by atoms with Gasteiger partial charge in [0.25, 0.3) is 0 Å². The molecule has 0 N–H and O–H groups in total. The number of carbonyl (C=O) groups is 1. The molecule has 20 heavy (non-hydrogen) atoms. The van der Waals surface area contributed by atoms with Gasteiger partial charge >= 0.3 is 5.97 Å². The minimum absolute atomic E-state index is 0.0478. The second-order valence-electron chi connectivity index (χ2n) is 4.79. The number of ether oxygens (including phenoxy) is 2. The molecular weight excluding hydrogens is 260 g/mol. The molecule has 1 aliphatic heterocycles. The van der Waals surface area contributed by atoms with E-state index in [1.165, 1.54) is 0 Å². The largest absolute Gasteiger partial charge is 0.460 e. The van der Waals surface area contributed by atoms with Crippen LogP contribution in [-0.2, 0) is 16.0 Å². The number of aryl methyl sites for hydroxylation is 1. The molecule has 112 valence electrons. The fourth-order valence-corrected chi connectivity index (χ4v) is 2.33. The third-order valence-corrected chi connectivity index (χ3v) is 3.45. The first kappa shape index (κ1) is 14.9. The molecule has 1 atom stereocenters. The number of hydrogen-bond donors (Lipinski definition) is 0. The van der Waals surface area contributed by atoms with E-state index in [0.29, 0.717) is 25.6 Å². The predicted octanol–water partition coefficient (Wildman–Crippen LogP) is 0.484. The highest BCUT2D eigenvalue weighted by molar-refractivity contribution is 5.85. The van der Waals surface area contributed by atoms with E-state index in [1.807, 2.05) is 6.92 Å². The Bertz CT molecular complexity index is 460. The normalized spacial score (nSPS) is 20.1. The quantitative estimate of drug-likeness (QED) is 0.732. The van der Waals surface area contributed by atoms with Crippen LogP contribution in [-0.4, -0.2) is 64.6 Å². The zero-order chi connectivity index (χ0) is 14.5. The molecule has 1 aliphatic rings. The van der Waals surface area contributed by atoms with Crippen LogP contribution in [0.2, 0.25) is 0 Å². The molecule has 7 nitrogen and oxygen atoms in total. The van der Waals surface area contributed by atoms with Gasteiger partial charge in [0.15, 0.2) is 0 Å². The number of hydrogen-bond acceptors (Lipinski definition) is 6. The van der Waals surface area contributed by atoms with Crippen molar-refractivity contribution in [1.29, 1.82) is 0 Å². The van der Waals surface area contributed by atoms with Crippen molar-refractivity contribution in [3.63, 3.8) is 0 Å². The molecule has 0 radical (unpaired) electrons. The van der Waals surface area contributed by atoms with Gasteiger partial charge < -0.3 is 14.0 Å². The van der Waals surface area contributed by atoms with Gasteiger partial charge in [-0.3, -0.25) is 4.90 Å². The van der Waals surface area contributed by atoms with Crippen molar-refractivity contribution in [2.45, 2.75) is 33.4 Å². The Balaban J connectivity index is 2.08. The fourth-order valence-electron chi connectivity index (χ4n) is 2.33. The van der Waals surface area contributed by atoms with Crippen molar-refractivity contribution in [3.8, 4) is 0 Å². The van der Waals surface area contributed by atoms with E-state index in [-0.39, 0.29) is 11.9 Å². The van der Waals surface area contributed by atoms with Gasteiger partial charge in [-0.25, -0.2) is 4.79 Å². The van der Waals surface area contributed by atoms with E-state index in [2.05, 4.69) is 22.0 Å². The molecular formula is C13H22N4O3. The first-order chi connectivity index (χ1) is 9.65. The molecule has 1 fully saturated rings. The van der Waals surface area contributed by atoms with Gasteiger partial charge in [0.2, 0.25) is 5.82 Å². The number of carbonyl (C=O) groups excluding carboxylic acids is 1. The van der Waals surface area contributed by atoms with Gasteiger partial charge in [0.05, 0.1) is 25.9 Å². The number of esters is 1. The van der Waals surface area contributed by atoms with Crippen LogP contribution in [0.15, 0.2) is 0 Å². The zero-order valence-corrected chi connectivity index (χ0v) is 12.3. The minimum atomic E-state index is -0.434. The Hall–Kier alpha value is -1.47. The highest BCUT2D eigenvalue weighted by Crippen LogP contribution is 2.11. The van der Waals surface area contributed by atoms with Crippen LogP contribution in [0, 0.1) is 6.92 Å². The van der Waals surface area contributed by atoms with Crippen LogP contribution in [0.4, 0.5) is 0 Å². The highest BCUT2D eigenvalue weighted by atomic mass is 16.5. The van der Waals surface area contributed by atoms with Crippen molar-refractivity contribution in [2.75, 3.05) is 32.8 Å². The van der Waals surface area contributed by atoms with Gasteiger partial charge in [-0.2, -0.15) is 0 Å².